The number of hydrogen-bond donors (Lipinski definition) is 0. The summed E-state index contributed by atoms with van der Waals surface area (Å²) in [5, 5.41) is 37.9. The Bertz CT molecular complexity index is 443. The van der Waals surface area contributed by atoms with Crippen molar-refractivity contribution >= 4 is 47.0 Å². The third-order valence-electron chi connectivity index (χ3n) is 1.57. The maximum absolute atomic E-state index is 9.83. The second-order valence-corrected chi connectivity index (χ2v) is 5.00. The average molecular weight is 583 g/mol. The standard InChI is InChI=1S/4C4H6O3.Hf/c4*1-3(5)2-4(6)7;/h4*2H2,1H3,(H,6,7);/q;;;;+4/p-4. The van der Waals surface area contributed by atoms with E-state index < -0.39 is 49.6 Å². The molecule has 0 saturated carbocycles. The first-order valence-electron chi connectivity index (χ1n) is 7.28. The van der Waals surface area contributed by atoms with Gasteiger partial charge in [-0.05, 0) is 27.7 Å². The molecule has 29 heavy (non-hydrogen) atoms. The molecule has 0 radical (unpaired) electrons. The van der Waals surface area contributed by atoms with Gasteiger partial charge in [0, 0.05) is 49.6 Å². The quantitative estimate of drug-likeness (QED) is 0.193. The van der Waals surface area contributed by atoms with E-state index >= 15 is 0 Å². The van der Waals surface area contributed by atoms with Crippen molar-refractivity contribution in [3.8, 4) is 0 Å². The van der Waals surface area contributed by atoms with Gasteiger partial charge in [0.1, 0.15) is 23.1 Å². The van der Waals surface area contributed by atoms with E-state index in [2.05, 4.69) is 0 Å². The van der Waals surface area contributed by atoms with E-state index in [1.807, 2.05) is 0 Å². The molecule has 0 amide bonds. The molecule has 160 valence electrons. The Balaban J connectivity index is -0.0000000873. The van der Waals surface area contributed by atoms with Crippen LogP contribution in [0.25, 0.3) is 0 Å². The fourth-order valence-electron chi connectivity index (χ4n) is 0.813. The summed E-state index contributed by atoms with van der Waals surface area (Å²) in [6, 6.07) is 0. The van der Waals surface area contributed by atoms with Crippen molar-refractivity contribution in [3.63, 3.8) is 0 Å². The van der Waals surface area contributed by atoms with Gasteiger partial charge in [0.05, 0.1) is 0 Å². The number of rotatable bonds is 8. The smallest absolute Gasteiger partial charge is 0.550 e. The molecule has 0 aliphatic heterocycles. The number of carboxylic acid groups (broad SMARTS) is 4. The first-order valence-corrected chi connectivity index (χ1v) is 7.28. The van der Waals surface area contributed by atoms with Crippen molar-refractivity contribution < 1.29 is 84.6 Å². The molecule has 0 rings (SSSR count). The van der Waals surface area contributed by atoms with Gasteiger partial charge in [-0.2, -0.15) is 0 Å². The van der Waals surface area contributed by atoms with Crippen LogP contribution in [0, 0.1) is 0 Å². The van der Waals surface area contributed by atoms with Crippen LogP contribution < -0.4 is 20.4 Å². The number of aliphatic carboxylic acids is 4. The zero-order chi connectivity index (χ0) is 23.4. The predicted molar refractivity (Wildman–Crippen MR) is 81.2 cm³/mol. The van der Waals surface area contributed by atoms with Gasteiger partial charge in [0.15, 0.2) is 0 Å². The van der Waals surface area contributed by atoms with Gasteiger partial charge in [-0.15, -0.1) is 0 Å². The molecule has 0 aliphatic carbocycles. The van der Waals surface area contributed by atoms with Gasteiger partial charge in [-0.25, -0.2) is 0 Å². The second-order valence-electron chi connectivity index (χ2n) is 5.00. The maximum Gasteiger partial charge on any atom is 4.00 e. The molecular weight excluding hydrogens is 563 g/mol. The van der Waals surface area contributed by atoms with E-state index in [9.17, 15) is 58.8 Å². The van der Waals surface area contributed by atoms with E-state index in [0.717, 1.165) is 0 Å². The molecule has 12 nitrogen and oxygen atoms in total. The Morgan fingerprint density at radius 3 is 0.517 bits per heavy atom. The molecule has 0 aromatic carbocycles. The molecule has 13 heteroatoms. The minimum absolute atomic E-state index is 0. The Morgan fingerprint density at radius 1 is 0.414 bits per heavy atom. The minimum atomic E-state index is -1.31. The number of carbonyl (C=O) groups excluding carboxylic acids is 8. The van der Waals surface area contributed by atoms with Crippen molar-refractivity contribution in [1.29, 1.82) is 0 Å². The summed E-state index contributed by atoms with van der Waals surface area (Å²) in [6.45, 7) is 4.82. The SMILES string of the molecule is CC(=O)CC(=O)[O-].CC(=O)CC(=O)[O-].CC(=O)CC(=O)[O-].CC(=O)CC(=O)[O-].[Hf+4]. The molecule has 0 fully saturated rings. The molecular formula is C16H20HfO12. The Morgan fingerprint density at radius 2 is 0.517 bits per heavy atom. The molecule has 0 heterocycles. The maximum atomic E-state index is 9.83. The molecule has 0 aromatic heterocycles. The summed E-state index contributed by atoms with van der Waals surface area (Å²) in [6.07, 6.45) is -1.89. The Hall–Kier alpha value is -2.57. The van der Waals surface area contributed by atoms with Crippen LogP contribution in [0.15, 0.2) is 0 Å². The third-order valence-corrected chi connectivity index (χ3v) is 1.57. The van der Waals surface area contributed by atoms with Crippen LogP contribution >= 0.6 is 0 Å². The third kappa shape index (κ3) is 77.4. The van der Waals surface area contributed by atoms with E-state index in [1.54, 1.807) is 0 Å². The second kappa shape index (κ2) is 23.5. The number of ketones is 4. The fourth-order valence-corrected chi connectivity index (χ4v) is 0.813. The van der Waals surface area contributed by atoms with E-state index in [4.69, 9.17) is 0 Å². The molecule has 0 aliphatic rings. The van der Waals surface area contributed by atoms with Crippen LogP contribution in [-0.2, 0) is 64.2 Å². The minimum Gasteiger partial charge on any atom is -0.550 e. The van der Waals surface area contributed by atoms with Gasteiger partial charge >= 0.3 is 25.8 Å². The number of hydrogen-bond acceptors (Lipinski definition) is 12. The normalized spacial score (nSPS) is 7.86. The molecule has 0 spiro atoms. The van der Waals surface area contributed by atoms with Crippen LogP contribution in [0.3, 0.4) is 0 Å². The monoisotopic (exact) mass is 584 g/mol. The summed E-state index contributed by atoms with van der Waals surface area (Å²) >= 11 is 0. The van der Waals surface area contributed by atoms with Gasteiger partial charge in [0.2, 0.25) is 0 Å². The molecule has 0 unspecified atom stereocenters. The van der Waals surface area contributed by atoms with Crippen molar-refractivity contribution in [3.05, 3.63) is 0 Å². The fraction of sp³-hybridized carbons (Fsp3) is 0.500. The van der Waals surface area contributed by atoms with Crippen LogP contribution in [0.2, 0.25) is 0 Å². The van der Waals surface area contributed by atoms with Gasteiger partial charge in [-0.3, -0.25) is 19.2 Å². The molecule has 0 N–H and O–H groups in total. The Kier molecular flexibility index (Phi) is 30.1. The predicted octanol–water partition coefficient (Wildman–Crippen LogP) is -5.14. The average Bonchev–Trinajstić information content (AvgIpc) is 2.32. The van der Waals surface area contributed by atoms with Crippen LogP contribution in [0.1, 0.15) is 53.4 Å². The van der Waals surface area contributed by atoms with Crippen LogP contribution in [0.5, 0.6) is 0 Å². The van der Waals surface area contributed by atoms with Crippen molar-refractivity contribution in [2.45, 2.75) is 53.4 Å². The van der Waals surface area contributed by atoms with Crippen molar-refractivity contribution in [2.24, 2.45) is 0 Å². The number of Topliss-reactive ketones (excluding diaryl/α,β-unsaturated/α-hetero) is 4. The van der Waals surface area contributed by atoms with E-state index in [0.29, 0.717) is 0 Å². The van der Waals surface area contributed by atoms with E-state index in [-0.39, 0.29) is 49.0 Å². The van der Waals surface area contributed by atoms with Gasteiger partial charge in [-0.1, -0.05) is 0 Å². The molecule has 0 aromatic rings. The van der Waals surface area contributed by atoms with Crippen molar-refractivity contribution in [2.75, 3.05) is 0 Å². The first kappa shape index (κ1) is 37.2. The zero-order valence-electron chi connectivity index (χ0n) is 16.2. The van der Waals surface area contributed by atoms with Gasteiger partial charge < -0.3 is 39.6 Å². The van der Waals surface area contributed by atoms with Crippen LogP contribution in [-0.4, -0.2) is 47.0 Å². The summed E-state index contributed by atoms with van der Waals surface area (Å²) < 4.78 is 0. The summed E-state index contributed by atoms with van der Waals surface area (Å²) in [5.41, 5.74) is 0. The largest absolute Gasteiger partial charge is 4.00 e. The number of carboxylic acids is 4. The summed E-state index contributed by atoms with van der Waals surface area (Å²) in [4.78, 5) is 77.2. The molecule has 0 saturated heterocycles. The molecule has 0 atom stereocenters. The zero-order valence-corrected chi connectivity index (χ0v) is 19.8. The molecule has 0 bridgehead atoms. The number of carbonyl (C=O) groups is 8. The van der Waals surface area contributed by atoms with Gasteiger partial charge in [0.25, 0.3) is 0 Å². The topological polar surface area (TPSA) is 229 Å². The van der Waals surface area contributed by atoms with Crippen LogP contribution in [0.4, 0.5) is 0 Å². The first-order chi connectivity index (χ1) is 12.5. The summed E-state index contributed by atoms with van der Waals surface area (Å²) in [5.74, 6) is -6.75. The Labute approximate surface area is 185 Å². The van der Waals surface area contributed by atoms with Crippen molar-refractivity contribution in [1.82, 2.24) is 0 Å². The van der Waals surface area contributed by atoms with E-state index in [1.165, 1.54) is 27.7 Å². The summed E-state index contributed by atoms with van der Waals surface area (Å²) in [7, 11) is 0.